The second-order valence-electron chi connectivity index (χ2n) is 5.65. The number of halogens is 1. The number of pyridine rings is 1. The zero-order chi connectivity index (χ0) is 16.7. The van der Waals surface area contributed by atoms with E-state index < -0.39 is 0 Å². The van der Waals surface area contributed by atoms with Crippen LogP contribution in [0.1, 0.15) is 12.8 Å². The van der Waals surface area contributed by atoms with Gasteiger partial charge < -0.3 is 5.32 Å². The second kappa shape index (κ2) is 5.62. The number of nitrogens with one attached hydrogen (secondary N) is 1. The number of carbonyl (C=O) groups is 1. The van der Waals surface area contributed by atoms with Gasteiger partial charge in [-0.1, -0.05) is 23.7 Å². The van der Waals surface area contributed by atoms with Crippen LogP contribution in [0.15, 0.2) is 36.7 Å². The van der Waals surface area contributed by atoms with Crippen molar-refractivity contribution in [3.8, 4) is 5.69 Å². The first kappa shape index (κ1) is 14.7. The predicted molar refractivity (Wildman–Crippen MR) is 91.5 cm³/mol. The van der Waals surface area contributed by atoms with Crippen LogP contribution in [0.4, 0.5) is 11.5 Å². The van der Waals surface area contributed by atoms with E-state index in [2.05, 4.69) is 20.2 Å². The molecule has 1 saturated carbocycles. The summed E-state index contributed by atoms with van der Waals surface area (Å²) in [5, 5.41) is 8.48. The van der Waals surface area contributed by atoms with Crippen LogP contribution in [0, 0.1) is 12.5 Å². The zero-order valence-corrected chi connectivity index (χ0v) is 13.3. The van der Waals surface area contributed by atoms with Crippen LogP contribution in [-0.2, 0) is 4.79 Å². The molecule has 1 aliphatic carbocycles. The molecule has 2 heterocycles. The molecule has 1 aromatic carbocycles. The van der Waals surface area contributed by atoms with Gasteiger partial charge in [0.25, 0.3) is 0 Å². The van der Waals surface area contributed by atoms with Crippen molar-refractivity contribution < 1.29 is 4.79 Å². The number of aromatic nitrogens is 3. The monoisotopic (exact) mass is 337 g/mol. The van der Waals surface area contributed by atoms with E-state index in [-0.39, 0.29) is 11.8 Å². The number of carbonyl (C=O) groups excluding carboxylic acids is 1. The maximum absolute atomic E-state index is 12.0. The molecule has 24 heavy (non-hydrogen) atoms. The Morgan fingerprint density at radius 1 is 1.38 bits per heavy atom. The number of hydrogen-bond donors (Lipinski definition) is 1. The molecule has 3 aromatic rings. The first-order chi connectivity index (χ1) is 11.7. The van der Waals surface area contributed by atoms with E-state index in [0.29, 0.717) is 33.1 Å². The lowest BCUT2D eigenvalue weighted by atomic mass is 10.2. The Kier molecular flexibility index (Phi) is 3.44. The van der Waals surface area contributed by atoms with Gasteiger partial charge in [0.2, 0.25) is 11.6 Å². The van der Waals surface area contributed by atoms with Crippen LogP contribution in [-0.4, -0.2) is 20.7 Å². The molecule has 0 saturated heterocycles. The lowest BCUT2D eigenvalue weighted by Crippen LogP contribution is -2.14. The van der Waals surface area contributed by atoms with Gasteiger partial charge in [-0.05, 0) is 25.0 Å². The van der Waals surface area contributed by atoms with E-state index in [1.54, 1.807) is 41.3 Å². The maximum atomic E-state index is 12.0. The summed E-state index contributed by atoms with van der Waals surface area (Å²) in [6.07, 6.45) is 5.19. The SMILES string of the molecule is [C-]#[N+]c1cccc(Cl)c1-n1cc2c(NC(=O)C3CC3)nccc2n1. The van der Waals surface area contributed by atoms with Gasteiger partial charge in [0.05, 0.1) is 28.2 Å². The fraction of sp³-hybridized carbons (Fsp3) is 0.176. The summed E-state index contributed by atoms with van der Waals surface area (Å²) in [6, 6.07) is 6.89. The van der Waals surface area contributed by atoms with Crippen LogP contribution in [0.25, 0.3) is 21.4 Å². The third kappa shape index (κ3) is 2.49. The molecule has 1 fully saturated rings. The van der Waals surface area contributed by atoms with Gasteiger partial charge in [-0.25, -0.2) is 14.5 Å². The summed E-state index contributed by atoms with van der Waals surface area (Å²) in [7, 11) is 0. The van der Waals surface area contributed by atoms with Crippen LogP contribution in [0.3, 0.4) is 0 Å². The quantitative estimate of drug-likeness (QED) is 0.735. The summed E-state index contributed by atoms with van der Waals surface area (Å²) in [4.78, 5) is 19.8. The zero-order valence-electron chi connectivity index (χ0n) is 12.5. The summed E-state index contributed by atoms with van der Waals surface area (Å²) in [6.45, 7) is 7.31. The van der Waals surface area contributed by atoms with Gasteiger partial charge in [0.1, 0.15) is 5.82 Å². The fourth-order valence-corrected chi connectivity index (χ4v) is 2.80. The van der Waals surface area contributed by atoms with E-state index in [0.717, 1.165) is 12.8 Å². The third-order valence-corrected chi connectivity index (χ3v) is 4.24. The molecule has 7 heteroatoms. The molecular weight excluding hydrogens is 326 g/mol. The lowest BCUT2D eigenvalue weighted by molar-refractivity contribution is -0.117. The highest BCUT2D eigenvalue weighted by Gasteiger charge is 2.30. The standard InChI is InChI=1S/C17H12ClN5O/c1-19-14-4-2-3-12(18)15(14)23-9-11-13(22-23)7-8-20-16(11)21-17(24)10-5-6-10/h2-4,7-10H,5-6H2,(H,20,21,24). The Morgan fingerprint density at radius 3 is 2.96 bits per heavy atom. The summed E-state index contributed by atoms with van der Waals surface area (Å²) < 4.78 is 1.56. The Bertz CT molecular complexity index is 1000. The number of para-hydroxylation sites is 1. The molecule has 1 N–H and O–H groups in total. The molecule has 0 spiro atoms. The van der Waals surface area contributed by atoms with Crippen LogP contribution >= 0.6 is 11.6 Å². The molecule has 1 aliphatic rings. The van der Waals surface area contributed by atoms with Crippen LogP contribution in [0.2, 0.25) is 5.02 Å². The van der Waals surface area contributed by atoms with Gasteiger partial charge >= 0.3 is 0 Å². The van der Waals surface area contributed by atoms with Crippen molar-refractivity contribution in [1.82, 2.24) is 14.8 Å². The molecule has 6 nitrogen and oxygen atoms in total. The van der Waals surface area contributed by atoms with Gasteiger partial charge in [0, 0.05) is 18.3 Å². The van der Waals surface area contributed by atoms with E-state index in [4.69, 9.17) is 18.2 Å². The second-order valence-corrected chi connectivity index (χ2v) is 6.06. The Hall–Kier alpha value is -2.91. The van der Waals surface area contributed by atoms with Crippen molar-refractivity contribution in [1.29, 1.82) is 0 Å². The molecular formula is C17H12ClN5O. The van der Waals surface area contributed by atoms with Gasteiger partial charge in [0.15, 0.2) is 0 Å². The summed E-state index contributed by atoms with van der Waals surface area (Å²) in [5.41, 5.74) is 1.60. The predicted octanol–water partition coefficient (Wildman–Crippen LogP) is 3.97. The van der Waals surface area contributed by atoms with Gasteiger partial charge in [-0.15, -0.1) is 0 Å². The minimum absolute atomic E-state index is 0.0117. The first-order valence-corrected chi connectivity index (χ1v) is 7.87. The number of amides is 1. The lowest BCUT2D eigenvalue weighted by Gasteiger charge is -2.06. The van der Waals surface area contributed by atoms with Crippen LogP contribution in [0.5, 0.6) is 0 Å². The number of anilines is 1. The smallest absolute Gasteiger partial charge is 0.228 e. The van der Waals surface area contributed by atoms with E-state index in [9.17, 15) is 4.79 Å². The molecule has 0 unspecified atom stereocenters. The molecule has 118 valence electrons. The third-order valence-electron chi connectivity index (χ3n) is 3.94. The molecule has 4 rings (SSSR count). The number of rotatable bonds is 3. The maximum Gasteiger partial charge on any atom is 0.228 e. The first-order valence-electron chi connectivity index (χ1n) is 7.49. The van der Waals surface area contributed by atoms with Crippen molar-refractivity contribution in [2.24, 2.45) is 5.92 Å². The number of benzene rings is 1. The highest BCUT2D eigenvalue weighted by Crippen LogP contribution is 2.33. The van der Waals surface area contributed by atoms with E-state index in [1.165, 1.54) is 0 Å². The van der Waals surface area contributed by atoms with E-state index >= 15 is 0 Å². The summed E-state index contributed by atoms with van der Waals surface area (Å²) >= 11 is 6.25. The van der Waals surface area contributed by atoms with Crippen molar-refractivity contribution >= 4 is 39.9 Å². The van der Waals surface area contributed by atoms with Crippen molar-refractivity contribution in [2.75, 3.05) is 5.32 Å². The number of nitrogens with zero attached hydrogens (tertiary/aromatic N) is 4. The normalized spacial score (nSPS) is 13.7. The minimum Gasteiger partial charge on any atom is -0.310 e. The van der Waals surface area contributed by atoms with Crippen molar-refractivity contribution in [3.63, 3.8) is 0 Å². The molecule has 0 bridgehead atoms. The highest BCUT2D eigenvalue weighted by atomic mass is 35.5. The Morgan fingerprint density at radius 2 is 2.21 bits per heavy atom. The molecule has 0 radical (unpaired) electrons. The minimum atomic E-state index is -0.0117. The van der Waals surface area contributed by atoms with E-state index in [1.807, 2.05) is 0 Å². The molecule has 0 aliphatic heterocycles. The van der Waals surface area contributed by atoms with Crippen molar-refractivity contribution in [3.05, 3.63) is 53.1 Å². The molecule has 0 atom stereocenters. The summed E-state index contributed by atoms with van der Waals surface area (Å²) in [5.74, 6) is 0.559. The fourth-order valence-electron chi connectivity index (χ4n) is 2.54. The Labute approximate surface area is 142 Å². The largest absolute Gasteiger partial charge is 0.310 e. The molecule has 1 amide bonds. The number of fused-ring (bicyclic) bond motifs is 1. The average Bonchev–Trinajstić information content (AvgIpc) is 3.34. The van der Waals surface area contributed by atoms with Crippen molar-refractivity contribution in [2.45, 2.75) is 12.8 Å². The van der Waals surface area contributed by atoms with Gasteiger partial charge in [-0.3, -0.25) is 4.79 Å². The highest BCUT2D eigenvalue weighted by molar-refractivity contribution is 6.33. The average molecular weight is 338 g/mol. The van der Waals surface area contributed by atoms with Crippen LogP contribution < -0.4 is 5.32 Å². The van der Waals surface area contributed by atoms with Gasteiger partial charge in [-0.2, -0.15) is 5.10 Å². The topological polar surface area (TPSA) is 64.2 Å². The number of hydrogen-bond acceptors (Lipinski definition) is 3. The Balaban J connectivity index is 1.82. The molecule has 2 aromatic heterocycles.